The molecular formula is C16H16LiOP. The van der Waals surface area contributed by atoms with E-state index in [0.29, 0.717) is 0 Å². The van der Waals surface area contributed by atoms with Gasteiger partial charge in [-0.2, -0.15) is 6.16 Å². The van der Waals surface area contributed by atoms with E-state index < -0.39 is 7.14 Å². The van der Waals surface area contributed by atoms with Gasteiger partial charge < -0.3 is 4.57 Å². The number of rotatable bonds is 4. The van der Waals surface area contributed by atoms with Crippen molar-refractivity contribution in [2.24, 2.45) is 0 Å². The summed E-state index contributed by atoms with van der Waals surface area (Å²) < 4.78 is 13.3. The van der Waals surface area contributed by atoms with Crippen LogP contribution >= 0.6 is 7.14 Å². The van der Waals surface area contributed by atoms with Gasteiger partial charge in [0.1, 0.15) is 0 Å². The average Bonchev–Trinajstić information content (AvgIpc) is 2.46. The Labute approximate surface area is 127 Å². The predicted octanol–water partition coefficient (Wildman–Crippen LogP) is 0.742. The molecule has 0 aliphatic rings. The van der Waals surface area contributed by atoms with Crippen LogP contribution in [0.5, 0.6) is 0 Å². The van der Waals surface area contributed by atoms with Gasteiger partial charge in [0.2, 0.25) is 0 Å². The van der Waals surface area contributed by atoms with Gasteiger partial charge in [0, 0.05) is 10.6 Å². The molecule has 0 unspecified atom stereocenters. The van der Waals surface area contributed by atoms with Crippen molar-refractivity contribution in [3.63, 3.8) is 0 Å². The summed E-state index contributed by atoms with van der Waals surface area (Å²) >= 11 is 0. The average molecular weight is 262 g/mol. The first kappa shape index (κ1) is 15.9. The van der Waals surface area contributed by atoms with Gasteiger partial charge in [-0.25, -0.2) is 12.2 Å². The molecule has 0 saturated carbocycles. The van der Waals surface area contributed by atoms with Crippen molar-refractivity contribution in [3.8, 4) is 0 Å². The minimum absolute atomic E-state index is 0. The molecule has 0 amide bonds. The standard InChI is InChI=1S/C16H16OP.Li/c1-2-3-14-18(17,15-10-6-4-7-11-15)16-12-8-5-9-13-16;/h2-14H,1H3;/q-1;+1/b3-2-;. The Bertz CT molecular complexity index is 520. The molecule has 2 aromatic carbocycles. The molecule has 0 heterocycles. The molecular weight excluding hydrogens is 246 g/mol. The van der Waals surface area contributed by atoms with E-state index in [1.807, 2.05) is 85.9 Å². The largest absolute Gasteiger partial charge is 1.00 e. The predicted molar refractivity (Wildman–Crippen MR) is 78.9 cm³/mol. The molecule has 0 aliphatic carbocycles. The van der Waals surface area contributed by atoms with E-state index in [2.05, 4.69) is 0 Å². The van der Waals surface area contributed by atoms with Gasteiger partial charge in [-0.1, -0.05) is 60.7 Å². The molecule has 92 valence electrons. The molecule has 3 heteroatoms. The molecule has 1 nitrogen and oxygen atoms in total. The molecule has 2 rings (SSSR count). The Morgan fingerprint density at radius 1 is 0.895 bits per heavy atom. The van der Waals surface area contributed by atoms with Gasteiger partial charge in [0.05, 0.1) is 7.14 Å². The van der Waals surface area contributed by atoms with Crippen molar-refractivity contribution in [1.82, 2.24) is 0 Å². The summed E-state index contributed by atoms with van der Waals surface area (Å²) in [4.78, 5) is 0. The zero-order valence-electron chi connectivity index (χ0n) is 11.4. The zero-order chi connectivity index (χ0) is 12.8. The van der Waals surface area contributed by atoms with E-state index in [1.54, 1.807) is 0 Å². The van der Waals surface area contributed by atoms with Crippen molar-refractivity contribution >= 4 is 17.8 Å². The maximum atomic E-state index is 13.3. The SMILES string of the molecule is C/C=C\[CH-]P(=O)(c1ccccc1)c1ccccc1.[Li+]. The Hall–Kier alpha value is -1.12. The van der Waals surface area contributed by atoms with E-state index in [4.69, 9.17) is 0 Å². The maximum Gasteiger partial charge on any atom is 1.00 e. The zero-order valence-corrected chi connectivity index (χ0v) is 12.3. The summed E-state index contributed by atoms with van der Waals surface area (Å²) in [7, 11) is -2.65. The van der Waals surface area contributed by atoms with Crippen molar-refractivity contribution in [2.75, 3.05) is 0 Å². The van der Waals surface area contributed by atoms with Crippen molar-refractivity contribution in [1.29, 1.82) is 0 Å². The molecule has 0 bridgehead atoms. The topological polar surface area (TPSA) is 17.1 Å². The molecule has 0 atom stereocenters. The second kappa shape index (κ2) is 7.46. The van der Waals surface area contributed by atoms with Gasteiger partial charge in [-0.05, 0) is 0 Å². The maximum absolute atomic E-state index is 13.3. The third-order valence-corrected chi connectivity index (χ3v) is 5.49. The minimum atomic E-state index is -2.65. The summed E-state index contributed by atoms with van der Waals surface area (Å²) in [6.45, 7) is 1.93. The van der Waals surface area contributed by atoms with Crippen molar-refractivity contribution in [2.45, 2.75) is 6.92 Å². The quantitative estimate of drug-likeness (QED) is 0.451. The third-order valence-electron chi connectivity index (χ3n) is 2.77. The van der Waals surface area contributed by atoms with E-state index >= 15 is 0 Å². The number of hydrogen-bond donors (Lipinski definition) is 0. The summed E-state index contributed by atoms with van der Waals surface area (Å²) in [6, 6.07) is 19.3. The van der Waals surface area contributed by atoms with Crippen LogP contribution in [0.4, 0.5) is 0 Å². The molecule has 0 N–H and O–H groups in total. The van der Waals surface area contributed by atoms with Crippen molar-refractivity contribution in [3.05, 3.63) is 79.0 Å². The third kappa shape index (κ3) is 3.68. The second-order valence-electron chi connectivity index (χ2n) is 4.00. The monoisotopic (exact) mass is 262 g/mol. The van der Waals surface area contributed by atoms with Gasteiger partial charge in [0.25, 0.3) is 0 Å². The van der Waals surface area contributed by atoms with Gasteiger partial charge in [-0.3, -0.25) is 0 Å². The normalized spacial score (nSPS) is 11.0. The Balaban J connectivity index is 0.00000180. The summed E-state index contributed by atoms with van der Waals surface area (Å²) in [5, 5.41) is 1.74. The van der Waals surface area contributed by atoms with Gasteiger partial charge >= 0.3 is 18.9 Å². The van der Waals surface area contributed by atoms with Crippen LogP contribution in [-0.2, 0) is 4.57 Å². The molecule has 0 aliphatic heterocycles. The first-order chi connectivity index (χ1) is 8.77. The second-order valence-corrected chi connectivity index (χ2v) is 6.65. The van der Waals surface area contributed by atoms with Crippen LogP contribution < -0.4 is 29.5 Å². The fourth-order valence-corrected chi connectivity index (χ4v) is 4.11. The van der Waals surface area contributed by atoms with E-state index in [-0.39, 0.29) is 18.9 Å². The van der Waals surface area contributed by atoms with Crippen LogP contribution in [0.15, 0.2) is 72.8 Å². The summed E-state index contributed by atoms with van der Waals surface area (Å²) in [5.74, 6) is 0. The number of allylic oxidation sites excluding steroid dienone is 2. The van der Waals surface area contributed by atoms with Crippen LogP contribution in [0.25, 0.3) is 0 Å². The molecule has 19 heavy (non-hydrogen) atoms. The smallest absolute Gasteiger partial charge is 0.328 e. The van der Waals surface area contributed by atoms with Crippen LogP contribution in [-0.4, -0.2) is 0 Å². The molecule has 0 saturated heterocycles. The molecule has 0 aromatic heterocycles. The first-order valence-corrected chi connectivity index (χ1v) is 7.73. The number of benzene rings is 2. The van der Waals surface area contributed by atoms with Crippen molar-refractivity contribution < 1.29 is 23.4 Å². The molecule has 0 radical (unpaired) electrons. The van der Waals surface area contributed by atoms with E-state index in [9.17, 15) is 4.57 Å². The van der Waals surface area contributed by atoms with Crippen LogP contribution in [0.3, 0.4) is 0 Å². The van der Waals surface area contributed by atoms with E-state index in [1.165, 1.54) is 0 Å². The number of hydrogen-bond acceptors (Lipinski definition) is 1. The summed E-state index contributed by atoms with van der Waals surface area (Å²) in [6.07, 6.45) is 5.58. The fraction of sp³-hybridized carbons (Fsp3) is 0.0625. The Morgan fingerprint density at radius 2 is 1.32 bits per heavy atom. The Morgan fingerprint density at radius 3 is 1.68 bits per heavy atom. The summed E-state index contributed by atoms with van der Waals surface area (Å²) in [5.41, 5.74) is 0. The molecule has 2 aromatic rings. The Kier molecular flexibility index (Phi) is 6.26. The van der Waals surface area contributed by atoms with Crippen LogP contribution in [0.1, 0.15) is 6.92 Å². The minimum Gasteiger partial charge on any atom is -0.328 e. The fourth-order valence-electron chi connectivity index (χ4n) is 1.83. The van der Waals surface area contributed by atoms with Crippen LogP contribution in [0.2, 0.25) is 0 Å². The molecule has 0 fully saturated rings. The first-order valence-electron chi connectivity index (χ1n) is 5.95. The van der Waals surface area contributed by atoms with Gasteiger partial charge in [-0.15, -0.1) is 6.92 Å². The molecule has 0 spiro atoms. The van der Waals surface area contributed by atoms with E-state index in [0.717, 1.165) is 10.6 Å². The van der Waals surface area contributed by atoms with Crippen LogP contribution in [0, 0.1) is 6.16 Å². The van der Waals surface area contributed by atoms with Gasteiger partial charge in [0.15, 0.2) is 0 Å².